The number of anilines is 1. The van der Waals surface area contributed by atoms with Gasteiger partial charge < -0.3 is 9.69 Å². The van der Waals surface area contributed by atoms with E-state index in [1.165, 1.54) is 27.9 Å². The third kappa shape index (κ3) is 2.20. The van der Waals surface area contributed by atoms with Crippen LogP contribution in [-0.4, -0.2) is 19.9 Å². The summed E-state index contributed by atoms with van der Waals surface area (Å²) in [5.41, 5.74) is 6.29. The van der Waals surface area contributed by atoms with Crippen molar-refractivity contribution >= 4 is 12.0 Å². The van der Waals surface area contributed by atoms with Gasteiger partial charge >= 0.3 is 0 Å². The largest absolute Gasteiger partial charge is 0.367 e. The summed E-state index contributed by atoms with van der Waals surface area (Å²) in [6, 6.07) is 2.20. The lowest BCUT2D eigenvalue weighted by Crippen LogP contribution is -2.22. The molecule has 0 saturated heterocycles. The van der Waals surface area contributed by atoms with E-state index in [9.17, 15) is 4.79 Å². The van der Waals surface area contributed by atoms with Crippen molar-refractivity contribution in [3.05, 3.63) is 28.3 Å². The average molecular weight is 205 g/mol. The van der Waals surface area contributed by atoms with Crippen molar-refractivity contribution in [2.75, 3.05) is 18.5 Å². The van der Waals surface area contributed by atoms with Crippen LogP contribution in [0, 0.1) is 27.7 Å². The maximum absolute atomic E-state index is 10.5. The molecule has 2 nitrogen and oxygen atoms in total. The van der Waals surface area contributed by atoms with Gasteiger partial charge in [-0.25, -0.2) is 0 Å². The summed E-state index contributed by atoms with van der Waals surface area (Å²) < 4.78 is 0. The van der Waals surface area contributed by atoms with Gasteiger partial charge in [0.15, 0.2) is 0 Å². The number of carbonyl (C=O) groups excluding carboxylic acids is 1. The van der Waals surface area contributed by atoms with Crippen molar-refractivity contribution in [3.63, 3.8) is 0 Å². The highest BCUT2D eigenvalue weighted by Gasteiger charge is 2.11. The number of likely N-dealkylation sites (N-methyl/N-ethyl adjacent to an activating group) is 1. The maximum atomic E-state index is 10.5. The summed E-state index contributed by atoms with van der Waals surface area (Å²) in [6.45, 7) is 8.89. The van der Waals surface area contributed by atoms with E-state index in [2.05, 4.69) is 33.8 Å². The van der Waals surface area contributed by atoms with Crippen molar-refractivity contribution < 1.29 is 4.79 Å². The van der Waals surface area contributed by atoms with Gasteiger partial charge in [-0.15, -0.1) is 0 Å². The summed E-state index contributed by atoms with van der Waals surface area (Å²) in [7, 11) is 1.96. The SMILES string of the molecule is Cc1cc(C)c(C)c(N(C)CC=O)c1C. The molecule has 82 valence electrons. The first-order valence-electron chi connectivity index (χ1n) is 5.21. The van der Waals surface area contributed by atoms with Gasteiger partial charge in [0.25, 0.3) is 0 Å². The summed E-state index contributed by atoms with van der Waals surface area (Å²) >= 11 is 0. The van der Waals surface area contributed by atoms with E-state index in [1.807, 2.05) is 11.9 Å². The predicted octanol–water partition coefficient (Wildman–Crippen LogP) is 2.56. The molecule has 2 heteroatoms. The van der Waals surface area contributed by atoms with Crippen LogP contribution in [0.1, 0.15) is 22.3 Å². The van der Waals surface area contributed by atoms with Gasteiger partial charge in [-0.05, 0) is 49.9 Å². The second kappa shape index (κ2) is 4.47. The molecule has 0 fully saturated rings. The number of aldehydes is 1. The maximum Gasteiger partial charge on any atom is 0.139 e. The van der Waals surface area contributed by atoms with Crippen LogP contribution in [0.3, 0.4) is 0 Å². The molecule has 0 saturated carbocycles. The molecular formula is C13H19NO. The molecule has 1 aromatic rings. The normalized spacial score (nSPS) is 10.2. The summed E-state index contributed by atoms with van der Waals surface area (Å²) in [5, 5.41) is 0. The lowest BCUT2D eigenvalue weighted by molar-refractivity contribution is -0.106. The van der Waals surface area contributed by atoms with E-state index in [0.717, 1.165) is 6.29 Å². The topological polar surface area (TPSA) is 20.3 Å². The molecule has 0 radical (unpaired) electrons. The Bertz CT molecular complexity index is 356. The molecule has 0 aliphatic carbocycles. The lowest BCUT2D eigenvalue weighted by Gasteiger charge is -2.24. The molecule has 0 spiro atoms. The highest BCUT2D eigenvalue weighted by molar-refractivity contribution is 5.68. The second-order valence-corrected chi connectivity index (χ2v) is 4.16. The molecule has 1 rings (SSSR count). The predicted molar refractivity (Wildman–Crippen MR) is 64.7 cm³/mol. The summed E-state index contributed by atoms with van der Waals surface area (Å²) in [4.78, 5) is 12.6. The molecule has 0 bridgehead atoms. The monoisotopic (exact) mass is 205 g/mol. The van der Waals surface area contributed by atoms with Crippen LogP contribution < -0.4 is 4.90 Å². The van der Waals surface area contributed by atoms with Crippen LogP contribution in [0.5, 0.6) is 0 Å². The van der Waals surface area contributed by atoms with E-state index in [4.69, 9.17) is 0 Å². The Hall–Kier alpha value is -1.31. The van der Waals surface area contributed by atoms with Crippen LogP contribution >= 0.6 is 0 Å². The highest BCUT2D eigenvalue weighted by atomic mass is 16.1. The fourth-order valence-corrected chi connectivity index (χ4v) is 1.97. The molecule has 0 aliphatic rings. The Balaban J connectivity index is 3.31. The van der Waals surface area contributed by atoms with Gasteiger partial charge in [0.1, 0.15) is 6.29 Å². The van der Waals surface area contributed by atoms with Crippen molar-refractivity contribution in [1.82, 2.24) is 0 Å². The third-order valence-electron chi connectivity index (χ3n) is 3.06. The first-order valence-corrected chi connectivity index (χ1v) is 5.21. The van der Waals surface area contributed by atoms with Crippen molar-refractivity contribution in [1.29, 1.82) is 0 Å². The molecule has 0 aromatic heterocycles. The van der Waals surface area contributed by atoms with E-state index >= 15 is 0 Å². The first kappa shape index (κ1) is 11.8. The molecule has 15 heavy (non-hydrogen) atoms. The van der Waals surface area contributed by atoms with Crippen LogP contribution in [0.4, 0.5) is 5.69 Å². The van der Waals surface area contributed by atoms with Crippen molar-refractivity contribution in [2.45, 2.75) is 27.7 Å². The number of rotatable bonds is 3. The van der Waals surface area contributed by atoms with Gasteiger partial charge in [-0.3, -0.25) is 0 Å². The van der Waals surface area contributed by atoms with Gasteiger partial charge in [0.2, 0.25) is 0 Å². The van der Waals surface area contributed by atoms with Gasteiger partial charge in [0, 0.05) is 12.7 Å². The average Bonchev–Trinajstić information content (AvgIpc) is 2.16. The van der Waals surface area contributed by atoms with E-state index in [0.29, 0.717) is 6.54 Å². The smallest absolute Gasteiger partial charge is 0.139 e. The van der Waals surface area contributed by atoms with Gasteiger partial charge in [-0.1, -0.05) is 6.07 Å². The molecule has 0 amide bonds. The minimum absolute atomic E-state index is 0.449. The zero-order valence-corrected chi connectivity index (χ0v) is 10.2. The lowest BCUT2D eigenvalue weighted by atomic mass is 9.98. The highest BCUT2D eigenvalue weighted by Crippen LogP contribution is 2.28. The number of carbonyl (C=O) groups is 1. The van der Waals surface area contributed by atoms with Crippen LogP contribution in [-0.2, 0) is 4.79 Å². The van der Waals surface area contributed by atoms with Crippen LogP contribution in [0.25, 0.3) is 0 Å². The molecule has 1 aromatic carbocycles. The molecular weight excluding hydrogens is 186 g/mol. The third-order valence-corrected chi connectivity index (χ3v) is 3.06. The van der Waals surface area contributed by atoms with E-state index in [1.54, 1.807) is 0 Å². The fraction of sp³-hybridized carbons (Fsp3) is 0.462. The number of nitrogens with zero attached hydrogens (tertiary/aromatic N) is 1. The number of benzene rings is 1. The first-order chi connectivity index (χ1) is 6.99. The zero-order valence-electron chi connectivity index (χ0n) is 10.2. The Morgan fingerprint density at radius 3 is 2.00 bits per heavy atom. The van der Waals surface area contributed by atoms with Gasteiger partial charge in [0.05, 0.1) is 6.54 Å². The molecule has 0 aliphatic heterocycles. The van der Waals surface area contributed by atoms with Crippen LogP contribution in [0.2, 0.25) is 0 Å². The van der Waals surface area contributed by atoms with E-state index < -0.39 is 0 Å². The molecule has 0 atom stereocenters. The Morgan fingerprint density at radius 2 is 1.60 bits per heavy atom. The fourth-order valence-electron chi connectivity index (χ4n) is 1.97. The quantitative estimate of drug-likeness (QED) is 0.707. The van der Waals surface area contributed by atoms with Gasteiger partial charge in [-0.2, -0.15) is 0 Å². The number of aryl methyl sites for hydroxylation is 2. The zero-order chi connectivity index (χ0) is 11.6. The number of hydrogen-bond acceptors (Lipinski definition) is 2. The minimum Gasteiger partial charge on any atom is -0.367 e. The molecule has 0 heterocycles. The van der Waals surface area contributed by atoms with E-state index in [-0.39, 0.29) is 0 Å². The summed E-state index contributed by atoms with van der Waals surface area (Å²) in [6.07, 6.45) is 0.941. The molecule has 0 N–H and O–H groups in total. The minimum atomic E-state index is 0.449. The molecule has 0 unspecified atom stereocenters. The standard InChI is InChI=1S/C13H19NO/c1-9-8-10(2)12(4)13(11(9)3)14(5)6-7-15/h7-8H,6H2,1-5H3. The van der Waals surface area contributed by atoms with Crippen molar-refractivity contribution in [3.8, 4) is 0 Å². The Morgan fingerprint density at radius 1 is 1.13 bits per heavy atom. The second-order valence-electron chi connectivity index (χ2n) is 4.16. The van der Waals surface area contributed by atoms with Crippen molar-refractivity contribution in [2.24, 2.45) is 0 Å². The Labute approximate surface area is 91.9 Å². The Kier molecular flexibility index (Phi) is 3.51. The summed E-state index contributed by atoms with van der Waals surface area (Å²) in [5.74, 6) is 0. The number of hydrogen-bond donors (Lipinski definition) is 0. The van der Waals surface area contributed by atoms with Crippen LogP contribution in [0.15, 0.2) is 6.07 Å².